The molecule has 0 unspecified atom stereocenters. The number of nitrogens with zero attached hydrogens (tertiary/aromatic N) is 4. The summed E-state index contributed by atoms with van der Waals surface area (Å²) in [5, 5.41) is 14.8. The molecule has 1 atom stereocenters. The second kappa shape index (κ2) is 10.3. The lowest BCUT2D eigenvalue weighted by molar-refractivity contribution is -0.120. The minimum Gasteiger partial charge on any atom is -0.390 e. The number of aryl methyl sites for hydroxylation is 2. The van der Waals surface area contributed by atoms with Crippen molar-refractivity contribution in [2.24, 2.45) is 0 Å². The number of piperidine rings is 1. The molecule has 1 N–H and O–H groups in total. The van der Waals surface area contributed by atoms with E-state index in [9.17, 15) is 14.3 Å². The molecule has 3 heterocycles. The summed E-state index contributed by atoms with van der Waals surface area (Å²) in [5.41, 5.74) is 4.57. The Morgan fingerprint density at radius 2 is 1.93 bits per heavy atom. The van der Waals surface area contributed by atoms with Crippen molar-refractivity contribution in [3.8, 4) is 11.1 Å². The van der Waals surface area contributed by atoms with Crippen molar-refractivity contribution >= 4 is 34.2 Å². The monoisotopic (exact) mass is 564 g/mol. The van der Waals surface area contributed by atoms with Gasteiger partial charge in [-0.3, -0.25) is 4.79 Å². The fourth-order valence-corrected chi connectivity index (χ4v) is 6.69. The summed E-state index contributed by atoms with van der Waals surface area (Å²) in [5.74, 6) is 1.11. The Kier molecular flexibility index (Phi) is 6.95. The molecule has 1 amide bonds. The van der Waals surface area contributed by atoms with Gasteiger partial charge in [0.1, 0.15) is 17.4 Å². The predicted molar refractivity (Wildman–Crippen MR) is 153 cm³/mol. The molecule has 7 nitrogen and oxygen atoms in total. The number of benzene rings is 2. The third kappa shape index (κ3) is 4.92. The topological polar surface area (TPSA) is 84.4 Å². The van der Waals surface area contributed by atoms with E-state index in [0.29, 0.717) is 31.4 Å². The maximum Gasteiger partial charge on any atom is 0.227 e. The van der Waals surface area contributed by atoms with Crippen LogP contribution in [0.5, 0.6) is 0 Å². The quantitative estimate of drug-likeness (QED) is 0.279. The molecular weight excluding hydrogens is 531 g/mol. The van der Waals surface area contributed by atoms with E-state index >= 15 is 0 Å². The molecule has 6 rings (SSSR count). The van der Waals surface area contributed by atoms with Gasteiger partial charge < -0.3 is 19.1 Å². The van der Waals surface area contributed by atoms with Crippen LogP contribution in [0.1, 0.15) is 75.2 Å². The van der Waals surface area contributed by atoms with Crippen LogP contribution in [0.15, 0.2) is 40.9 Å². The van der Waals surface area contributed by atoms with Crippen LogP contribution in [0, 0.1) is 19.7 Å². The maximum absolute atomic E-state index is 14.4. The van der Waals surface area contributed by atoms with Gasteiger partial charge in [-0.1, -0.05) is 22.8 Å². The summed E-state index contributed by atoms with van der Waals surface area (Å²) in [6, 6.07) is 10.9. The highest BCUT2D eigenvalue weighted by Gasteiger charge is 2.35. The molecule has 2 aliphatic rings. The molecule has 1 aliphatic carbocycles. The Morgan fingerprint density at radius 3 is 2.62 bits per heavy atom. The Morgan fingerprint density at radius 1 is 1.15 bits per heavy atom. The zero-order chi connectivity index (χ0) is 28.2. The molecule has 1 saturated carbocycles. The highest BCUT2D eigenvalue weighted by atomic mass is 35.5. The Labute approximate surface area is 237 Å². The fourth-order valence-electron chi connectivity index (χ4n) is 6.57. The van der Waals surface area contributed by atoms with Gasteiger partial charge in [0.2, 0.25) is 5.91 Å². The van der Waals surface area contributed by atoms with Crippen LogP contribution in [-0.4, -0.2) is 37.4 Å². The molecule has 4 aromatic rings. The van der Waals surface area contributed by atoms with Crippen molar-refractivity contribution in [3.05, 3.63) is 64.5 Å². The van der Waals surface area contributed by atoms with E-state index in [1.54, 1.807) is 11.0 Å². The van der Waals surface area contributed by atoms with Crippen molar-refractivity contribution < 1.29 is 18.8 Å². The van der Waals surface area contributed by atoms with E-state index in [2.05, 4.69) is 27.9 Å². The number of carbonyl (C=O) groups is 1. The molecule has 9 heteroatoms. The van der Waals surface area contributed by atoms with Crippen LogP contribution in [0.2, 0.25) is 5.02 Å². The van der Waals surface area contributed by atoms with E-state index in [-0.39, 0.29) is 23.0 Å². The van der Waals surface area contributed by atoms with Gasteiger partial charge in [0.25, 0.3) is 0 Å². The number of halogens is 2. The maximum atomic E-state index is 14.4. The standard InChI is InChI=1S/C31H34ClFN4O3/c1-18-30(19(2)40-35-18)20-7-10-27-26(15-20)34-28(37(27)21-11-13-31(3,39)14-12-21)17-22-5-4-6-29(38)36(22)23-8-9-24(32)25(33)16-23/h7-10,15-16,21-22,39H,4-6,11-14,17H2,1-3H3/t21-,22-,31+/m0/s1. The van der Waals surface area contributed by atoms with Gasteiger partial charge in [-0.25, -0.2) is 9.37 Å². The van der Waals surface area contributed by atoms with Gasteiger partial charge in [0.05, 0.1) is 27.4 Å². The largest absolute Gasteiger partial charge is 0.390 e. The molecular formula is C31H34ClFN4O3. The number of fused-ring (bicyclic) bond motifs is 1. The number of aliphatic hydroxyl groups is 1. The van der Waals surface area contributed by atoms with Crippen LogP contribution in [0.25, 0.3) is 22.2 Å². The second-order valence-corrected chi connectivity index (χ2v) is 12.0. The van der Waals surface area contributed by atoms with Crippen LogP contribution in [0.4, 0.5) is 10.1 Å². The zero-order valence-corrected chi connectivity index (χ0v) is 23.8. The van der Waals surface area contributed by atoms with Crippen molar-refractivity contribution in [1.82, 2.24) is 14.7 Å². The van der Waals surface area contributed by atoms with Crippen LogP contribution < -0.4 is 4.90 Å². The molecule has 1 aliphatic heterocycles. The van der Waals surface area contributed by atoms with Gasteiger partial charge in [0, 0.05) is 36.2 Å². The van der Waals surface area contributed by atoms with Crippen molar-refractivity contribution in [2.75, 3.05) is 4.90 Å². The van der Waals surface area contributed by atoms with E-state index < -0.39 is 11.4 Å². The van der Waals surface area contributed by atoms with Gasteiger partial charge in [0.15, 0.2) is 0 Å². The van der Waals surface area contributed by atoms with Crippen LogP contribution in [0.3, 0.4) is 0 Å². The Hall–Kier alpha value is -3.23. The number of amides is 1. The Balaban J connectivity index is 1.42. The summed E-state index contributed by atoms with van der Waals surface area (Å²) in [6.07, 6.45) is 5.65. The third-order valence-electron chi connectivity index (χ3n) is 8.64. The number of hydrogen-bond donors (Lipinski definition) is 1. The molecule has 210 valence electrons. The number of hydrogen-bond acceptors (Lipinski definition) is 5. The molecule has 1 saturated heterocycles. The van der Waals surface area contributed by atoms with Gasteiger partial charge >= 0.3 is 0 Å². The van der Waals surface area contributed by atoms with E-state index in [4.69, 9.17) is 21.1 Å². The smallest absolute Gasteiger partial charge is 0.227 e. The molecule has 0 radical (unpaired) electrons. The SMILES string of the molecule is Cc1noc(C)c1-c1ccc2c(c1)nc(C[C@@H]1CCCC(=O)N1c1ccc(Cl)c(F)c1)n2[C@H]1CC[C@@](C)(O)CC1. The second-order valence-electron chi connectivity index (χ2n) is 11.6. The first-order valence-corrected chi connectivity index (χ1v) is 14.4. The number of anilines is 1. The van der Waals surface area contributed by atoms with E-state index in [1.165, 1.54) is 12.1 Å². The van der Waals surface area contributed by atoms with Crippen LogP contribution >= 0.6 is 11.6 Å². The summed E-state index contributed by atoms with van der Waals surface area (Å²) in [6.45, 7) is 5.75. The lowest BCUT2D eigenvalue weighted by Gasteiger charge is -2.37. The average molecular weight is 565 g/mol. The number of aromatic nitrogens is 3. The molecule has 2 aromatic heterocycles. The van der Waals surface area contributed by atoms with Gasteiger partial charge in [-0.2, -0.15) is 0 Å². The summed E-state index contributed by atoms with van der Waals surface area (Å²) in [7, 11) is 0. The predicted octanol–water partition coefficient (Wildman–Crippen LogP) is 7.09. The number of carbonyl (C=O) groups excluding carboxylic acids is 1. The first kappa shape index (κ1) is 27.0. The van der Waals surface area contributed by atoms with Gasteiger partial charge in [-0.05, 0) is 95.2 Å². The number of imidazole rings is 1. The minimum atomic E-state index is -0.658. The third-order valence-corrected chi connectivity index (χ3v) is 8.95. The lowest BCUT2D eigenvalue weighted by Crippen LogP contribution is -2.45. The lowest BCUT2D eigenvalue weighted by atomic mass is 9.83. The van der Waals surface area contributed by atoms with E-state index in [1.807, 2.05) is 20.8 Å². The fraction of sp³-hybridized carbons (Fsp3) is 0.452. The average Bonchev–Trinajstić information content (AvgIpc) is 3.44. The summed E-state index contributed by atoms with van der Waals surface area (Å²) in [4.78, 5) is 20.0. The first-order valence-electron chi connectivity index (χ1n) is 14.0. The van der Waals surface area contributed by atoms with E-state index in [0.717, 1.165) is 65.1 Å². The van der Waals surface area contributed by atoms with Crippen LogP contribution in [-0.2, 0) is 11.2 Å². The normalized spacial score (nSPS) is 23.8. The molecule has 0 bridgehead atoms. The molecule has 2 aromatic carbocycles. The van der Waals surface area contributed by atoms with Gasteiger partial charge in [-0.15, -0.1) is 0 Å². The van der Waals surface area contributed by atoms with Crippen molar-refractivity contribution in [3.63, 3.8) is 0 Å². The molecule has 0 spiro atoms. The van der Waals surface area contributed by atoms with Crippen molar-refractivity contribution in [1.29, 1.82) is 0 Å². The van der Waals surface area contributed by atoms with Crippen molar-refractivity contribution in [2.45, 2.75) is 89.8 Å². The number of rotatable bonds is 5. The highest BCUT2D eigenvalue weighted by molar-refractivity contribution is 6.30. The highest BCUT2D eigenvalue weighted by Crippen LogP contribution is 2.39. The first-order chi connectivity index (χ1) is 19.1. The minimum absolute atomic E-state index is 0.0185. The zero-order valence-electron chi connectivity index (χ0n) is 23.1. The molecule has 2 fully saturated rings. The molecule has 40 heavy (non-hydrogen) atoms. The summed E-state index contributed by atoms with van der Waals surface area (Å²) < 4.78 is 22.2. The summed E-state index contributed by atoms with van der Waals surface area (Å²) >= 11 is 5.94. The Bertz CT molecular complexity index is 1560.